The van der Waals surface area contributed by atoms with Crippen molar-refractivity contribution in [1.82, 2.24) is 15.0 Å². The Morgan fingerprint density at radius 3 is 0.942 bits per heavy atom. The molecule has 52 heavy (non-hydrogen) atoms. The van der Waals surface area contributed by atoms with Crippen molar-refractivity contribution in [3.8, 4) is 78.7 Å². The third-order valence-electron chi connectivity index (χ3n) is 8.55. The van der Waals surface area contributed by atoms with Gasteiger partial charge in [0, 0.05) is 20.6 Å². The molecule has 252 valence electrons. The van der Waals surface area contributed by atoms with Crippen LogP contribution in [0.25, 0.3) is 78.7 Å². The van der Waals surface area contributed by atoms with Crippen molar-refractivity contribution in [3.05, 3.63) is 188 Å². The minimum atomic E-state index is 0.639. The lowest BCUT2D eigenvalue weighted by Crippen LogP contribution is -2.00. The fourth-order valence-corrected chi connectivity index (χ4v) is 6.16. The van der Waals surface area contributed by atoms with Crippen molar-refractivity contribution in [2.75, 3.05) is 0 Å². The lowest BCUT2D eigenvalue weighted by Gasteiger charge is -2.19. The molecule has 0 amide bonds. The number of alkyl halides is 1. The average Bonchev–Trinajstić information content (AvgIpc) is 3.22. The van der Waals surface area contributed by atoms with Crippen LogP contribution in [0.4, 0.5) is 0 Å². The molecule has 3 nitrogen and oxygen atoms in total. The summed E-state index contributed by atoms with van der Waals surface area (Å²) in [6.45, 7) is 4.31. The Balaban J connectivity index is 0.00000100. The van der Waals surface area contributed by atoms with Crippen molar-refractivity contribution >= 4 is 22.6 Å². The Labute approximate surface area is 320 Å². The van der Waals surface area contributed by atoms with Crippen molar-refractivity contribution in [2.45, 2.75) is 17.8 Å². The Bertz CT molecular complexity index is 2220. The molecule has 0 N–H and O–H groups in total. The molecular formula is C48H38IN3. The van der Waals surface area contributed by atoms with Crippen molar-refractivity contribution < 1.29 is 0 Å². The number of nitrogens with zero attached hydrogens (tertiary/aromatic N) is 3. The molecular weight excluding hydrogens is 745 g/mol. The third-order valence-corrected chi connectivity index (χ3v) is 8.55. The maximum atomic E-state index is 4.96. The third kappa shape index (κ3) is 8.25. The molecule has 8 aromatic rings. The molecule has 0 atom stereocenters. The van der Waals surface area contributed by atoms with Crippen LogP contribution < -0.4 is 0 Å². The summed E-state index contributed by atoms with van der Waals surface area (Å²) < 4.78 is 0.803. The molecule has 0 aliphatic rings. The van der Waals surface area contributed by atoms with E-state index in [4.69, 9.17) is 15.0 Å². The van der Waals surface area contributed by atoms with Crippen LogP contribution in [0.5, 0.6) is 0 Å². The highest BCUT2D eigenvalue weighted by atomic mass is 127. The van der Waals surface area contributed by atoms with E-state index in [0.29, 0.717) is 17.5 Å². The maximum absolute atomic E-state index is 4.96. The predicted octanol–water partition coefficient (Wildman–Crippen LogP) is 13.4. The van der Waals surface area contributed by atoms with Crippen LogP contribution in [0.3, 0.4) is 0 Å². The highest BCUT2D eigenvalue weighted by molar-refractivity contribution is 14.1. The van der Waals surface area contributed by atoms with Gasteiger partial charge in [-0.05, 0) is 56.6 Å². The van der Waals surface area contributed by atoms with Gasteiger partial charge in [-0.2, -0.15) is 0 Å². The van der Waals surface area contributed by atoms with Gasteiger partial charge in [0.2, 0.25) is 0 Å². The fourth-order valence-electron chi connectivity index (χ4n) is 6.16. The second kappa shape index (κ2) is 16.5. The van der Waals surface area contributed by atoms with Crippen LogP contribution in [-0.4, -0.2) is 18.9 Å². The highest BCUT2D eigenvalue weighted by Gasteiger charge is 2.18. The first-order valence-electron chi connectivity index (χ1n) is 17.5. The van der Waals surface area contributed by atoms with Crippen LogP contribution in [0, 0.1) is 0 Å². The summed E-state index contributed by atoms with van der Waals surface area (Å²) in [7, 11) is 0. The number of hydrogen-bond acceptors (Lipinski definition) is 3. The molecule has 0 spiro atoms. The highest BCUT2D eigenvalue weighted by Crippen LogP contribution is 2.43. The summed E-state index contributed by atoms with van der Waals surface area (Å²) in [5.41, 5.74) is 12.2. The molecule has 0 fully saturated rings. The number of hydrogen-bond donors (Lipinski definition) is 0. The molecule has 1 heterocycles. The maximum Gasteiger partial charge on any atom is 0.164 e. The van der Waals surface area contributed by atoms with Crippen LogP contribution in [0.15, 0.2) is 188 Å². The number of benzene rings is 7. The summed E-state index contributed by atoms with van der Waals surface area (Å²) in [5.74, 6) is 1.94. The monoisotopic (exact) mass is 783 g/mol. The van der Waals surface area contributed by atoms with E-state index >= 15 is 0 Å². The predicted molar refractivity (Wildman–Crippen MR) is 227 cm³/mol. The molecule has 0 unspecified atom stereocenters. The Morgan fingerprint density at radius 1 is 0.327 bits per heavy atom. The topological polar surface area (TPSA) is 38.7 Å². The van der Waals surface area contributed by atoms with E-state index < -0.39 is 0 Å². The number of rotatable bonds is 7. The van der Waals surface area contributed by atoms with E-state index in [1.165, 1.54) is 38.9 Å². The van der Waals surface area contributed by atoms with Crippen LogP contribution >= 0.6 is 22.6 Å². The van der Waals surface area contributed by atoms with Crippen molar-refractivity contribution in [3.63, 3.8) is 0 Å². The van der Waals surface area contributed by atoms with Crippen LogP contribution in [-0.2, 0) is 0 Å². The van der Waals surface area contributed by atoms with Gasteiger partial charge in [-0.1, -0.05) is 212 Å². The summed E-state index contributed by atoms with van der Waals surface area (Å²) in [5, 5.41) is 0. The van der Waals surface area contributed by atoms with Gasteiger partial charge in [-0.15, -0.1) is 0 Å². The lowest BCUT2D eigenvalue weighted by molar-refractivity contribution is 1.07. The molecule has 1 aromatic heterocycles. The Kier molecular flexibility index (Phi) is 11.0. The van der Waals surface area contributed by atoms with E-state index in [1.54, 1.807) is 0 Å². The Morgan fingerprint density at radius 2 is 0.596 bits per heavy atom. The van der Waals surface area contributed by atoms with Gasteiger partial charge in [0.1, 0.15) is 0 Å². The van der Waals surface area contributed by atoms with Gasteiger partial charge in [-0.3, -0.25) is 0 Å². The quantitative estimate of drug-likeness (QED) is 0.119. The number of halogens is 1. The molecule has 0 bridgehead atoms. The number of aromatic nitrogens is 3. The largest absolute Gasteiger partial charge is 0.208 e. The molecule has 0 saturated heterocycles. The smallest absolute Gasteiger partial charge is 0.164 e. The van der Waals surface area contributed by atoms with Gasteiger partial charge in [0.25, 0.3) is 0 Å². The molecule has 8 rings (SSSR count). The standard InChI is InChI=1S/C45H31N3.C3H7I/c1-6-16-32(17-7-1)39-30-40(33-18-8-2-9-19-33)42(41(31-39)34-20-10-3-11-21-34)35-26-28-38(29-27-35)45-47-43(36-22-12-4-13-23-36)46-44(48-45)37-24-14-5-15-25-37;1-3(2)4/h1-31H;3H,1-2H3. The normalized spacial score (nSPS) is 10.8. The fraction of sp³-hybridized carbons (Fsp3) is 0.0625. The second-order valence-electron chi connectivity index (χ2n) is 12.7. The minimum absolute atomic E-state index is 0.639. The van der Waals surface area contributed by atoms with Gasteiger partial charge in [-0.25, -0.2) is 15.0 Å². The van der Waals surface area contributed by atoms with Gasteiger partial charge in [0.05, 0.1) is 0 Å². The molecule has 0 aliphatic heterocycles. The van der Waals surface area contributed by atoms with Crippen LogP contribution in [0.1, 0.15) is 13.8 Å². The van der Waals surface area contributed by atoms with E-state index in [2.05, 4.69) is 164 Å². The molecule has 0 aliphatic carbocycles. The first-order chi connectivity index (χ1) is 25.5. The van der Waals surface area contributed by atoms with E-state index in [-0.39, 0.29) is 0 Å². The zero-order valence-electron chi connectivity index (χ0n) is 29.2. The summed E-state index contributed by atoms with van der Waals surface area (Å²) in [4.78, 5) is 14.8. The first-order valence-corrected chi connectivity index (χ1v) is 18.7. The first kappa shape index (κ1) is 34.7. The molecule has 0 saturated carbocycles. The summed E-state index contributed by atoms with van der Waals surface area (Å²) >= 11 is 2.34. The van der Waals surface area contributed by atoms with Gasteiger partial charge < -0.3 is 0 Å². The van der Waals surface area contributed by atoms with Crippen LogP contribution in [0.2, 0.25) is 0 Å². The average molecular weight is 784 g/mol. The second-order valence-corrected chi connectivity index (χ2v) is 15.2. The summed E-state index contributed by atoms with van der Waals surface area (Å²) in [6, 6.07) is 65.4. The molecule has 0 radical (unpaired) electrons. The zero-order chi connectivity index (χ0) is 35.7. The van der Waals surface area contributed by atoms with Gasteiger partial charge >= 0.3 is 0 Å². The van der Waals surface area contributed by atoms with E-state index in [0.717, 1.165) is 26.2 Å². The van der Waals surface area contributed by atoms with E-state index in [1.807, 2.05) is 60.7 Å². The van der Waals surface area contributed by atoms with Gasteiger partial charge in [0.15, 0.2) is 17.5 Å². The molecule has 4 heteroatoms. The Hall–Kier alpha value is -5.72. The summed E-state index contributed by atoms with van der Waals surface area (Å²) in [6.07, 6.45) is 0. The van der Waals surface area contributed by atoms with Crippen molar-refractivity contribution in [2.24, 2.45) is 0 Å². The zero-order valence-corrected chi connectivity index (χ0v) is 31.4. The SMILES string of the molecule is CC(C)I.c1ccc(-c2cc(-c3ccccc3)c(-c3ccc(-c4nc(-c5ccccc5)nc(-c5ccccc5)n4)cc3)c(-c3ccccc3)c2)cc1. The lowest BCUT2D eigenvalue weighted by atomic mass is 9.84. The molecule has 7 aromatic carbocycles. The van der Waals surface area contributed by atoms with E-state index in [9.17, 15) is 0 Å². The minimum Gasteiger partial charge on any atom is -0.208 e. The van der Waals surface area contributed by atoms with Crippen molar-refractivity contribution in [1.29, 1.82) is 0 Å².